The van der Waals surface area contributed by atoms with Gasteiger partial charge in [-0.1, -0.05) is 20.8 Å². The van der Waals surface area contributed by atoms with Crippen LogP contribution in [0.2, 0.25) is 0 Å². The summed E-state index contributed by atoms with van der Waals surface area (Å²) in [5.74, 6) is 0.658. The Kier molecular flexibility index (Phi) is 4.83. The monoisotopic (exact) mass is 313 g/mol. The molecule has 0 unspecified atom stereocenters. The van der Waals surface area contributed by atoms with Gasteiger partial charge in [-0.2, -0.15) is 5.10 Å². The Hall–Kier alpha value is -2.63. The minimum atomic E-state index is -0.418. The largest absolute Gasteiger partial charge is 0.376 e. The van der Waals surface area contributed by atoms with E-state index in [-0.39, 0.29) is 5.91 Å². The summed E-state index contributed by atoms with van der Waals surface area (Å²) in [7, 11) is 3.90. The lowest BCUT2D eigenvalue weighted by Crippen LogP contribution is -2.27. The van der Waals surface area contributed by atoms with Gasteiger partial charge in [-0.3, -0.25) is 4.79 Å². The number of amides is 1. The highest BCUT2D eigenvalue weighted by molar-refractivity contribution is 5.94. The topological polar surface area (TPSA) is 70.2 Å². The van der Waals surface area contributed by atoms with Gasteiger partial charge in [-0.25, -0.2) is 0 Å². The molecule has 1 aromatic heterocycles. The fourth-order valence-electron chi connectivity index (χ4n) is 1.77. The van der Waals surface area contributed by atoms with E-state index in [2.05, 4.69) is 20.8 Å². The predicted octanol–water partition coefficient (Wildman–Crippen LogP) is 3.27. The zero-order valence-corrected chi connectivity index (χ0v) is 14.2. The number of hydrogen-bond acceptors (Lipinski definition) is 5. The van der Waals surface area contributed by atoms with Gasteiger partial charge >= 0.3 is 0 Å². The molecular weight excluding hydrogens is 290 g/mol. The van der Waals surface area contributed by atoms with E-state index < -0.39 is 5.41 Å². The smallest absolute Gasteiger partial charge is 0.229 e. The highest BCUT2D eigenvalue weighted by atomic mass is 16.2. The van der Waals surface area contributed by atoms with Crippen molar-refractivity contribution in [1.29, 1.82) is 0 Å². The summed E-state index contributed by atoms with van der Waals surface area (Å²) in [4.78, 5) is 13.9. The number of carbonyl (C=O) groups is 1. The molecule has 0 saturated heterocycles. The van der Waals surface area contributed by atoms with E-state index in [1.165, 1.54) is 0 Å². The van der Waals surface area contributed by atoms with Crippen molar-refractivity contribution in [3.63, 3.8) is 0 Å². The minimum Gasteiger partial charge on any atom is -0.376 e. The van der Waals surface area contributed by atoms with Gasteiger partial charge in [-0.15, -0.1) is 5.10 Å². The van der Waals surface area contributed by atoms with Crippen LogP contribution < -0.4 is 15.5 Å². The van der Waals surface area contributed by atoms with Crippen LogP contribution >= 0.6 is 0 Å². The molecule has 2 N–H and O–H groups in total. The second-order valence-corrected chi connectivity index (χ2v) is 6.60. The van der Waals surface area contributed by atoms with Crippen molar-refractivity contribution in [2.45, 2.75) is 20.8 Å². The Balaban J connectivity index is 2.06. The van der Waals surface area contributed by atoms with E-state index in [1.807, 2.05) is 70.1 Å². The summed E-state index contributed by atoms with van der Waals surface area (Å²) in [6.45, 7) is 5.65. The Bertz CT molecular complexity index is 674. The number of nitrogens with zero attached hydrogens (tertiary/aromatic N) is 3. The van der Waals surface area contributed by atoms with Gasteiger partial charge in [0.2, 0.25) is 5.91 Å². The van der Waals surface area contributed by atoms with E-state index in [9.17, 15) is 4.79 Å². The van der Waals surface area contributed by atoms with Crippen LogP contribution in [0.1, 0.15) is 20.8 Å². The lowest BCUT2D eigenvalue weighted by Gasteiger charge is -2.18. The maximum absolute atomic E-state index is 12.0. The molecule has 6 nitrogen and oxygen atoms in total. The van der Waals surface area contributed by atoms with Gasteiger partial charge in [0.15, 0.2) is 5.82 Å². The highest BCUT2D eigenvalue weighted by Gasteiger charge is 2.20. The molecular formula is C17H23N5O. The third-order valence-electron chi connectivity index (χ3n) is 3.25. The van der Waals surface area contributed by atoms with E-state index >= 15 is 0 Å². The molecule has 23 heavy (non-hydrogen) atoms. The van der Waals surface area contributed by atoms with E-state index in [4.69, 9.17) is 0 Å². The molecule has 1 heterocycles. The molecule has 6 heteroatoms. The summed E-state index contributed by atoms with van der Waals surface area (Å²) in [6, 6.07) is 9.41. The van der Waals surface area contributed by atoms with Crippen molar-refractivity contribution in [2.24, 2.45) is 5.41 Å². The Labute approximate surface area is 136 Å². The van der Waals surface area contributed by atoms with Crippen LogP contribution in [0.4, 0.5) is 22.9 Å². The van der Waals surface area contributed by atoms with Crippen molar-refractivity contribution >= 4 is 28.8 Å². The number of anilines is 4. The quantitative estimate of drug-likeness (QED) is 0.906. The maximum Gasteiger partial charge on any atom is 0.229 e. The molecule has 0 aliphatic rings. The molecule has 0 atom stereocenters. The van der Waals surface area contributed by atoms with Crippen LogP contribution in [0.25, 0.3) is 0 Å². The molecule has 0 aliphatic carbocycles. The fraction of sp³-hybridized carbons (Fsp3) is 0.353. The van der Waals surface area contributed by atoms with E-state index in [1.54, 1.807) is 6.20 Å². The molecule has 2 aromatic rings. The zero-order chi connectivity index (χ0) is 17.0. The number of hydrogen-bond donors (Lipinski definition) is 2. The SMILES string of the molecule is CN(C)c1cnnc(Nc2ccc(NC(=O)C(C)(C)C)cc2)c1. The first-order chi connectivity index (χ1) is 10.8. The lowest BCUT2D eigenvalue weighted by atomic mass is 9.95. The molecule has 0 spiro atoms. The average Bonchev–Trinajstić information content (AvgIpc) is 2.48. The summed E-state index contributed by atoms with van der Waals surface area (Å²) in [5.41, 5.74) is 2.20. The summed E-state index contributed by atoms with van der Waals surface area (Å²) < 4.78 is 0. The second-order valence-electron chi connectivity index (χ2n) is 6.60. The Morgan fingerprint density at radius 2 is 1.70 bits per heavy atom. The lowest BCUT2D eigenvalue weighted by molar-refractivity contribution is -0.123. The number of rotatable bonds is 4. The number of aromatic nitrogens is 2. The van der Waals surface area contributed by atoms with Crippen molar-refractivity contribution in [3.8, 4) is 0 Å². The first kappa shape index (κ1) is 16.7. The molecule has 122 valence electrons. The Morgan fingerprint density at radius 3 is 2.26 bits per heavy atom. The third-order valence-corrected chi connectivity index (χ3v) is 3.25. The number of nitrogens with one attached hydrogen (secondary N) is 2. The van der Waals surface area contributed by atoms with Crippen molar-refractivity contribution in [3.05, 3.63) is 36.5 Å². The summed E-state index contributed by atoms with van der Waals surface area (Å²) >= 11 is 0. The van der Waals surface area contributed by atoms with Crippen LogP contribution in [-0.4, -0.2) is 30.2 Å². The molecule has 0 aliphatic heterocycles. The van der Waals surface area contributed by atoms with Crippen molar-refractivity contribution in [2.75, 3.05) is 29.6 Å². The van der Waals surface area contributed by atoms with Gasteiger partial charge in [0.25, 0.3) is 0 Å². The van der Waals surface area contributed by atoms with E-state index in [0.29, 0.717) is 5.82 Å². The molecule has 0 bridgehead atoms. The normalized spacial score (nSPS) is 11.0. The van der Waals surface area contributed by atoms with Crippen LogP contribution in [0, 0.1) is 5.41 Å². The van der Waals surface area contributed by atoms with Crippen LogP contribution in [0.3, 0.4) is 0 Å². The molecule has 1 aromatic carbocycles. The molecule has 0 fully saturated rings. The van der Waals surface area contributed by atoms with Crippen molar-refractivity contribution < 1.29 is 4.79 Å². The van der Waals surface area contributed by atoms with Gasteiger partial charge in [0, 0.05) is 37.0 Å². The van der Waals surface area contributed by atoms with Crippen LogP contribution in [-0.2, 0) is 4.79 Å². The summed E-state index contributed by atoms with van der Waals surface area (Å²) in [5, 5.41) is 14.1. The van der Waals surface area contributed by atoms with E-state index in [0.717, 1.165) is 17.1 Å². The summed E-state index contributed by atoms with van der Waals surface area (Å²) in [6.07, 6.45) is 1.70. The Morgan fingerprint density at radius 1 is 1.09 bits per heavy atom. The van der Waals surface area contributed by atoms with Crippen LogP contribution in [0.5, 0.6) is 0 Å². The average molecular weight is 313 g/mol. The fourth-order valence-corrected chi connectivity index (χ4v) is 1.77. The van der Waals surface area contributed by atoms with Gasteiger partial charge in [0.05, 0.1) is 11.9 Å². The minimum absolute atomic E-state index is 0.0113. The molecule has 2 rings (SSSR count). The van der Waals surface area contributed by atoms with Gasteiger partial charge in [0.1, 0.15) is 0 Å². The highest BCUT2D eigenvalue weighted by Crippen LogP contribution is 2.21. The molecule has 0 radical (unpaired) electrons. The van der Waals surface area contributed by atoms with Crippen molar-refractivity contribution in [1.82, 2.24) is 10.2 Å². The number of benzene rings is 1. The first-order valence-electron chi connectivity index (χ1n) is 7.44. The molecule has 1 amide bonds. The van der Waals surface area contributed by atoms with Gasteiger partial charge in [-0.05, 0) is 24.3 Å². The zero-order valence-electron chi connectivity index (χ0n) is 14.2. The number of carbonyl (C=O) groups excluding carboxylic acids is 1. The van der Waals surface area contributed by atoms with Crippen LogP contribution in [0.15, 0.2) is 36.5 Å². The molecule has 0 saturated carbocycles. The third kappa shape index (κ3) is 4.67. The maximum atomic E-state index is 12.0. The standard InChI is InChI=1S/C17H23N5O/c1-17(2,3)16(23)20-13-8-6-12(7-9-13)19-15-10-14(22(4)5)11-18-21-15/h6-11H,1-5H3,(H,19,21)(H,20,23). The first-order valence-corrected chi connectivity index (χ1v) is 7.44. The van der Waals surface area contributed by atoms with Gasteiger partial charge < -0.3 is 15.5 Å². The predicted molar refractivity (Wildman–Crippen MR) is 94.2 cm³/mol. The second kappa shape index (κ2) is 6.64.